The molecule has 3 atom stereocenters. The minimum Gasteiger partial charge on any atom is -0.493 e. The van der Waals surface area contributed by atoms with Crippen LogP contribution >= 0.6 is 22.6 Å². The van der Waals surface area contributed by atoms with E-state index in [9.17, 15) is 24.6 Å². The summed E-state index contributed by atoms with van der Waals surface area (Å²) in [6, 6.07) is 2.55. The first-order valence-electron chi connectivity index (χ1n) is 13.9. The number of carbonyl (C=O) groups is 3. The Morgan fingerprint density at radius 3 is 2.54 bits per heavy atom. The highest BCUT2D eigenvalue weighted by Crippen LogP contribution is 2.38. The van der Waals surface area contributed by atoms with Crippen molar-refractivity contribution in [2.75, 3.05) is 20.3 Å². The molecule has 1 saturated carbocycles. The lowest BCUT2D eigenvalue weighted by molar-refractivity contribution is -0.142. The zero-order valence-corrected chi connectivity index (χ0v) is 25.0. The van der Waals surface area contributed by atoms with Crippen LogP contribution in [0, 0.1) is 3.57 Å². The van der Waals surface area contributed by atoms with Gasteiger partial charge in [-0.2, -0.15) is 0 Å². The maximum absolute atomic E-state index is 13.7. The normalized spacial score (nSPS) is 21.9. The van der Waals surface area contributed by atoms with Crippen LogP contribution in [-0.4, -0.2) is 77.8 Å². The first-order valence-corrected chi connectivity index (χ1v) is 15.0. The van der Waals surface area contributed by atoms with Gasteiger partial charge in [-0.1, -0.05) is 39.0 Å². The molecule has 3 rings (SSSR count). The van der Waals surface area contributed by atoms with Crippen LogP contribution in [0.25, 0.3) is 0 Å². The van der Waals surface area contributed by atoms with Crippen molar-refractivity contribution in [1.29, 1.82) is 0 Å². The number of nitrogens with zero attached hydrogens (tertiary/aromatic N) is 1. The summed E-state index contributed by atoms with van der Waals surface area (Å²) in [5.74, 6) is 0.302. The van der Waals surface area contributed by atoms with Crippen LogP contribution < -0.4 is 14.8 Å². The minimum absolute atomic E-state index is 0.00827. The zero-order chi connectivity index (χ0) is 28.4. The monoisotopic (exact) mass is 656 g/mol. The second-order valence-corrected chi connectivity index (χ2v) is 11.4. The SMILES string of the molecule is CCCCC(=O)N(C1CCCCCC1)C1CC(C(=O)NCCO)=CC(Oc2c(I)cc(C=O)cc2OC)C1O. The van der Waals surface area contributed by atoms with E-state index in [1.165, 1.54) is 7.11 Å². The molecule has 0 radical (unpaired) electrons. The Balaban J connectivity index is 2.02. The molecule has 0 saturated heterocycles. The molecule has 0 spiro atoms. The first-order chi connectivity index (χ1) is 18.8. The van der Waals surface area contributed by atoms with Gasteiger partial charge in [0.05, 0.1) is 23.3 Å². The van der Waals surface area contributed by atoms with Crippen molar-refractivity contribution in [1.82, 2.24) is 10.2 Å². The number of halogens is 1. The molecule has 2 aliphatic rings. The fraction of sp³-hybridized carbons (Fsp3) is 0.621. The molecule has 1 aromatic carbocycles. The summed E-state index contributed by atoms with van der Waals surface area (Å²) in [6.45, 7) is 1.93. The van der Waals surface area contributed by atoms with E-state index in [2.05, 4.69) is 5.32 Å². The number of aldehydes is 1. The number of ether oxygens (including phenoxy) is 2. The van der Waals surface area contributed by atoms with Crippen LogP contribution in [0.1, 0.15) is 81.5 Å². The summed E-state index contributed by atoms with van der Waals surface area (Å²) in [5.41, 5.74) is 0.815. The van der Waals surface area contributed by atoms with E-state index in [1.54, 1.807) is 18.2 Å². The average Bonchev–Trinajstić information content (AvgIpc) is 3.22. The smallest absolute Gasteiger partial charge is 0.247 e. The summed E-state index contributed by atoms with van der Waals surface area (Å²) >= 11 is 2.04. The molecule has 9 nitrogen and oxygen atoms in total. The number of nitrogens with one attached hydrogen (secondary N) is 1. The minimum atomic E-state index is -1.10. The molecule has 3 unspecified atom stereocenters. The Bertz CT molecular complexity index is 1020. The Hall–Kier alpha value is -2.18. The largest absolute Gasteiger partial charge is 0.493 e. The molecule has 2 aliphatic carbocycles. The third-order valence-electron chi connectivity index (χ3n) is 7.46. The van der Waals surface area contributed by atoms with Crippen LogP contribution in [0.2, 0.25) is 0 Å². The van der Waals surface area contributed by atoms with E-state index in [0.717, 1.165) is 57.7 Å². The predicted octanol–water partition coefficient (Wildman–Crippen LogP) is 3.77. The molecular formula is C29H41IN2O7. The number of hydrogen-bond donors (Lipinski definition) is 3. The van der Waals surface area contributed by atoms with Crippen LogP contribution in [0.5, 0.6) is 11.5 Å². The lowest BCUT2D eigenvalue weighted by atomic mass is 9.86. The number of unbranched alkanes of at least 4 members (excludes halogenated alkanes) is 1. The van der Waals surface area contributed by atoms with E-state index in [4.69, 9.17) is 9.47 Å². The highest BCUT2D eigenvalue weighted by atomic mass is 127. The van der Waals surface area contributed by atoms with Gasteiger partial charge in [0, 0.05) is 36.6 Å². The summed E-state index contributed by atoms with van der Waals surface area (Å²) in [7, 11) is 1.47. The Labute approximate surface area is 244 Å². The quantitative estimate of drug-likeness (QED) is 0.178. The van der Waals surface area contributed by atoms with E-state index in [1.807, 2.05) is 34.4 Å². The van der Waals surface area contributed by atoms with E-state index < -0.39 is 18.2 Å². The van der Waals surface area contributed by atoms with E-state index in [0.29, 0.717) is 32.6 Å². The molecule has 39 heavy (non-hydrogen) atoms. The zero-order valence-electron chi connectivity index (χ0n) is 22.9. The number of aliphatic hydroxyl groups excluding tert-OH is 2. The van der Waals surface area contributed by atoms with Crippen LogP contribution in [0.15, 0.2) is 23.8 Å². The fourth-order valence-corrected chi connectivity index (χ4v) is 6.21. The van der Waals surface area contributed by atoms with E-state index in [-0.39, 0.29) is 37.4 Å². The topological polar surface area (TPSA) is 125 Å². The van der Waals surface area contributed by atoms with Gasteiger partial charge in [-0.15, -0.1) is 0 Å². The maximum Gasteiger partial charge on any atom is 0.247 e. The van der Waals surface area contributed by atoms with Crippen LogP contribution in [0.3, 0.4) is 0 Å². The van der Waals surface area contributed by atoms with Crippen molar-refractivity contribution in [2.45, 2.75) is 95.4 Å². The highest BCUT2D eigenvalue weighted by molar-refractivity contribution is 14.1. The predicted molar refractivity (Wildman–Crippen MR) is 156 cm³/mol. The van der Waals surface area contributed by atoms with Gasteiger partial charge in [-0.05, 0) is 60.1 Å². The lowest BCUT2D eigenvalue weighted by Crippen LogP contribution is -2.58. The summed E-state index contributed by atoms with van der Waals surface area (Å²) < 4.78 is 12.4. The van der Waals surface area contributed by atoms with Crippen molar-refractivity contribution < 1.29 is 34.1 Å². The third-order valence-corrected chi connectivity index (χ3v) is 8.26. The molecule has 0 bridgehead atoms. The lowest BCUT2D eigenvalue weighted by Gasteiger charge is -2.44. The molecule has 0 aliphatic heterocycles. The number of rotatable bonds is 12. The number of aliphatic hydroxyl groups is 2. The number of amides is 2. The van der Waals surface area contributed by atoms with E-state index >= 15 is 0 Å². The van der Waals surface area contributed by atoms with Gasteiger partial charge in [-0.3, -0.25) is 14.4 Å². The second kappa shape index (κ2) is 15.6. The third kappa shape index (κ3) is 8.17. The number of benzene rings is 1. The molecule has 0 heterocycles. The van der Waals surface area contributed by atoms with Gasteiger partial charge in [0.25, 0.3) is 0 Å². The van der Waals surface area contributed by atoms with Gasteiger partial charge in [0.1, 0.15) is 18.5 Å². The Morgan fingerprint density at radius 2 is 1.92 bits per heavy atom. The number of methoxy groups -OCH3 is 1. The molecule has 1 aromatic rings. The molecule has 3 N–H and O–H groups in total. The van der Waals surface area contributed by atoms with Crippen molar-refractivity contribution in [3.63, 3.8) is 0 Å². The standard InChI is InChI=1S/C29H41IN2O7/c1-3-4-11-26(35)32(21-9-7-5-6-8-10-21)23-16-20(29(37)31-12-13-33)17-24(27(23)36)39-28-22(30)14-19(18-34)15-25(28)38-2/h14-15,17-18,21,23-24,27,33,36H,3-13,16H2,1-2H3,(H,31,37). The Morgan fingerprint density at radius 1 is 1.21 bits per heavy atom. The maximum atomic E-state index is 13.7. The van der Waals surface area contributed by atoms with Crippen molar-refractivity contribution in [3.8, 4) is 11.5 Å². The van der Waals surface area contributed by atoms with Crippen molar-refractivity contribution in [3.05, 3.63) is 32.9 Å². The number of carbonyl (C=O) groups excluding carboxylic acids is 3. The summed E-state index contributed by atoms with van der Waals surface area (Å²) in [4.78, 5) is 40.0. The molecular weight excluding hydrogens is 615 g/mol. The molecule has 2 amide bonds. The average molecular weight is 657 g/mol. The summed E-state index contributed by atoms with van der Waals surface area (Å²) in [5, 5.41) is 23.7. The van der Waals surface area contributed by atoms with Crippen LogP contribution in [-0.2, 0) is 9.59 Å². The molecule has 0 aromatic heterocycles. The second-order valence-electron chi connectivity index (χ2n) is 10.2. The highest BCUT2D eigenvalue weighted by Gasteiger charge is 2.43. The van der Waals surface area contributed by atoms with Gasteiger partial charge in [-0.25, -0.2) is 0 Å². The Kier molecular flexibility index (Phi) is 12.5. The number of hydrogen-bond acceptors (Lipinski definition) is 7. The van der Waals surface area contributed by atoms with Crippen LogP contribution in [0.4, 0.5) is 0 Å². The van der Waals surface area contributed by atoms with Gasteiger partial charge >= 0.3 is 0 Å². The van der Waals surface area contributed by atoms with Gasteiger partial charge < -0.3 is 29.9 Å². The van der Waals surface area contributed by atoms with Crippen molar-refractivity contribution in [2.24, 2.45) is 0 Å². The molecule has 10 heteroatoms. The van der Waals surface area contributed by atoms with Crippen molar-refractivity contribution >= 4 is 40.7 Å². The first kappa shape index (κ1) is 31.3. The van der Waals surface area contributed by atoms with Gasteiger partial charge in [0.2, 0.25) is 11.8 Å². The van der Waals surface area contributed by atoms with Gasteiger partial charge in [0.15, 0.2) is 11.5 Å². The molecule has 216 valence electrons. The fourth-order valence-electron chi connectivity index (χ4n) is 5.46. The molecule has 1 fully saturated rings. The summed E-state index contributed by atoms with van der Waals surface area (Å²) in [6.07, 6.45) is 8.47.